The van der Waals surface area contributed by atoms with Crippen LogP contribution in [0.2, 0.25) is 51.4 Å². The summed E-state index contributed by atoms with van der Waals surface area (Å²) >= 11 is 0. The average Bonchev–Trinajstić information content (AvgIpc) is 3.52. The number of aliphatic hydroxyl groups is 1. The summed E-state index contributed by atoms with van der Waals surface area (Å²) in [5.41, 5.74) is 3.82. The SMILES string of the molecule is C[Si](C)(C)CCOCOC(Nc1cc(C2CCC(O)(C#N)CC2)nc2c(-c3ccc(-c4ccccc4)nc3)cnn12)OCOCC[Si](C)(C)C. The van der Waals surface area contributed by atoms with E-state index in [2.05, 4.69) is 50.7 Å². The Morgan fingerprint density at radius 2 is 1.56 bits per heavy atom. The van der Waals surface area contributed by atoms with Crippen LogP contribution in [-0.4, -0.2) is 79.7 Å². The summed E-state index contributed by atoms with van der Waals surface area (Å²) in [6, 6.07) is 20.2. The topological polar surface area (TPSA) is 136 Å². The summed E-state index contributed by atoms with van der Waals surface area (Å²) in [7, 11) is -2.51. The number of pyridine rings is 1. The number of anilines is 1. The summed E-state index contributed by atoms with van der Waals surface area (Å²) in [4.78, 5) is 9.87. The maximum Gasteiger partial charge on any atom is 0.243 e. The maximum atomic E-state index is 10.6. The number of hydrogen-bond donors (Lipinski definition) is 2. The molecule has 0 radical (unpaired) electrons. The average molecular weight is 717 g/mol. The molecule has 0 amide bonds. The molecule has 0 saturated heterocycles. The van der Waals surface area contributed by atoms with E-state index in [1.165, 1.54) is 0 Å². The van der Waals surface area contributed by atoms with E-state index < -0.39 is 28.2 Å². The molecule has 0 aliphatic heterocycles. The van der Waals surface area contributed by atoms with Gasteiger partial charge in [0, 0.05) is 69.9 Å². The zero-order valence-electron chi connectivity index (χ0n) is 30.3. The van der Waals surface area contributed by atoms with Crippen LogP contribution in [0.4, 0.5) is 5.82 Å². The van der Waals surface area contributed by atoms with E-state index >= 15 is 0 Å². The predicted octanol–water partition coefficient (Wildman–Crippen LogP) is 7.72. The van der Waals surface area contributed by atoms with Gasteiger partial charge in [-0.25, -0.2) is 4.98 Å². The van der Waals surface area contributed by atoms with E-state index in [0.29, 0.717) is 50.4 Å². The van der Waals surface area contributed by atoms with E-state index in [9.17, 15) is 10.4 Å². The first kappa shape index (κ1) is 37.8. The molecule has 268 valence electrons. The Kier molecular flexibility index (Phi) is 12.6. The van der Waals surface area contributed by atoms with Crippen molar-refractivity contribution in [3.05, 3.63) is 66.6 Å². The number of nitrogens with one attached hydrogen (secondary N) is 1. The van der Waals surface area contributed by atoms with Crippen molar-refractivity contribution >= 4 is 27.6 Å². The van der Waals surface area contributed by atoms with Crippen LogP contribution in [0.15, 0.2) is 60.9 Å². The van der Waals surface area contributed by atoms with Crippen LogP contribution in [0.3, 0.4) is 0 Å². The highest BCUT2D eigenvalue weighted by Crippen LogP contribution is 2.39. The van der Waals surface area contributed by atoms with Gasteiger partial charge in [-0.2, -0.15) is 14.9 Å². The molecule has 1 aliphatic rings. The van der Waals surface area contributed by atoms with Crippen LogP contribution in [0.1, 0.15) is 37.3 Å². The van der Waals surface area contributed by atoms with Gasteiger partial charge in [0.05, 0.1) is 18.0 Å². The van der Waals surface area contributed by atoms with Gasteiger partial charge in [-0.15, -0.1) is 0 Å². The largest absolute Gasteiger partial charge is 0.375 e. The summed E-state index contributed by atoms with van der Waals surface area (Å²) in [6.07, 6.45) is 4.80. The lowest BCUT2D eigenvalue weighted by Crippen LogP contribution is -2.32. The molecule has 2 N–H and O–H groups in total. The smallest absolute Gasteiger partial charge is 0.243 e. The van der Waals surface area contributed by atoms with Gasteiger partial charge in [0.15, 0.2) is 24.8 Å². The first-order valence-electron chi connectivity index (χ1n) is 17.5. The van der Waals surface area contributed by atoms with E-state index in [4.69, 9.17) is 34.0 Å². The summed E-state index contributed by atoms with van der Waals surface area (Å²) in [5, 5.41) is 28.3. The Labute approximate surface area is 298 Å². The first-order valence-corrected chi connectivity index (χ1v) is 24.9. The van der Waals surface area contributed by atoms with Crippen molar-refractivity contribution in [2.45, 2.75) is 95.0 Å². The molecule has 0 bridgehead atoms. The van der Waals surface area contributed by atoms with Crippen molar-refractivity contribution in [2.75, 3.05) is 32.1 Å². The summed E-state index contributed by atoms with van der Waals surface area (Å²) < 4.78 is 25.6. The van der Waals surface area contributed by atoms with Crippen molar-refractivity contribution < 1.29 is 24.1 Å². The third-order valence-electron chi connectivity index (χ3n) is 8.94. The zero-order valence-corrected chi connectivity index (χ0v) is 32.3. The molecule has 0 atom stereocenters. The molecular weight excluding hydrogens is 665 g/mol. The first-order chi connectivity index (χ1) is 23.8. The van der Waals surface area contributed by atoms with Gasteiger partial charge < -0.3 is 29.4 Å². The lowest BCUT2D eigenvalue weighted by atomic mass is 9.78. The van der Waals surface area contributed by atoms with Gasteiger partial charge in [0.1, 0.15) is 5.82 Å². The van der Waals surface area contributed by atoms with Gasteiger partial charge in [-0.1, -0.05) is 75.7 Å². The number of hydrogen-bond acceptors (Lipinski definition) is 10. The third kappa shape index (κ3) is 10.8. The van der Waals surface area contributed by atoms with Crippen LogP contribution < -0.4 is 5.32 Å². The van der Waals surface area contributed by atoms with Gasteiger partial charge in [0.25, 0.3) is 0 Å². The maximum absolute atomic E-state index is 10.6. The Bertz CT molecular complexity index is 1690. The van der Waals surface area contributed by atoms with Crippen LogP contribution in [0.5, 0.6) is 0 Å². The number of nitriles is 1. The molecule has 5 rings (SSSR count). The van der Waals surface area contributed by atoms with Gasteiger partial charge in [-0.3, -0.25) is 4.98 Å². The van der Waals surface area contributed by atoms with E-state index in [0.717, 1.165) is 40.2 Å². The normalized spacial score (nSPS) is 18.4. The molecule has 1 saturated carbocycles. The molecule has 11 nitrogen and oxygen atoms in total. The summed E-state index contributed by atoms with van der Waals surface area (Å²) in [5.74, 6) is 0.672. The second kappa shape index (κ2) is 16.7. The number of benzene rings is 1. The second-order valence-corrected chi connectivity index (χ2v) is 26.8. The van der Waals surface area contributed by atoms with Gasteiger partial charge >= 0.3 is 0 Å². The highest BCUT2D eigenvalue weighted by molar-refractivity contribution is 6.76. The fourth-order valence-corrected chi connectivity index (χ4v) is 7.19. The quantitative estimate of drug-likeness (QED) is 0.0484. The molecule has 1 fully saturated rings. The van der Waals surface area contributed by atoms with Crippen molar-refractivity contribution in [3.8, 4) is 28.5 Å². The molecule has 3 aromatic heterocycles. The lowest BCUT2D eigenvalue weighted by molar-refractivity contribution is -0.214. The van der Waals surface area contributed by atoms with Gasteiger partial charge in [0.2, 0.25) is 6.41 Å². The van der Waals surface area contributed by atoms with Crippen LogP contribution in [0, 0.1) is 11.3 Å². The fourth-order valence-electron chi connectivity index (χ4n) is 5.68. The number of aromatic nitrogens is 4. The molecule has 1 aliphatic carbocycles. The second-order valence-electron chi connectivity index (χ2n) is 15.6. The third-order valence-corrected chi connectivity index (χ3v) is 12.3. The molecule has 1 aromatic carbocycles. The van der Waals surface area contributed by atoms with Crippen LogP contribution in [-0.2, 0) is 18.9 Å². The zero-order chi connectivity index (χ0) is 35.8. The lowest BCUT2D eigenvalue weighted by Gasteiger charge is -2.31. The molecule has 0 spiro atoms. The Balaban J connectivity index is 1.42. The molecule has 3 heterocycles. The van der Waals surface area contributed by atoms with Crippen molar-refractivity contribution in [1.29, 1.82) is 5.26 Å². The number of rotatable bonds is 17. The molecule has 4 aromatic rings. The van der Waals surface area contributed by atoms with Crippen molar-refractivity contribution in [1.82, 2.24) is 19.6 Å². The van der Waals surface area contributed by atoms with Crippen molar-refractivity contribution in [2.24, 2.45) is 0 Å². The number of fused-ring (bicyclic) bond motifs is 1. The summed E-state index contributed by atoms with van der Waals surface area (Å²) in [6.45, 7) is 15.2. The molecular formula is C37H52N6O5Si2. The highest BCUT2D eigenvalue weighted by Gasteiger charge is 2.35. The van der Waals surface area contributed by atoms with E-state index in [-0.39, 0.29) is 19.5 Å². The van der Waals surface area contributed by atoms with E-state index in [1.54, 1.807) is 10.7 Å². The molecule has 50 heavy (non-hydrogen) atoms. The van der Waals surface area contributed by atoms with E-state index in [1.807, 2.05) is 54.7 Å². The van der Waals surface area contributed by atoms with Crippen LogP contribution >= 0.6 is 0 Å². The standard InChI is InChI=1S/C37H52N6O5Si2/c1-49(2,3)20-18-45-26-47-36(48-27-46-19-21-50(4,5)6)42-34-22-33(29-14-16-37(44,25-38)17-15-29)41-35-31(24-40-43(34)35)30-12-13-32(39-23-30)28-10-8-7-9-11-28/h7-13,22-24,29,36,42,44H,14-21,26-27H2,1-6H3. The minimum atomic E-state index is -1.30. The van der Waals surface area contributed by atoms with Crippen molar-refractivity contribution in [3.63, 3.8) is 0 Å². The monoisotopic (exact) mass is 716 g/mol. The van der Waals surface area contributed by atoms with Gasteiger partial charge in [-0.05, 0) is 43.8 Å². The van der Waals surface area contributed by atoms with Crippen LogP contribution in [0.25, 0.3) is 28.0 Å². The molecule has 0 unspecified atom stereocenters. The number of ether oxygens (including phenoxy) is 4. The minimum absolute atomic E-state index is 0.0468. The Morgan fingerprint density at radius 3 is 2.12 bits per heavy atom. The minimum Gasteiger partial charge on any atom is -0.375 e. The molecule has 13 heteroatoms. The predicted molar refractivity (Wildman–Crippen MR) is 201 cm³/mol. The fraction of sp³-hybridized carbons (Fsp3) is 0.514. The Hall–Kier alpha value is -3.49. The Morgan fingerprint density at radius 1 is 0.920 bits per heavy atom. The highest BCUT2D eigenvalue weighted by atomic mass is 28.3. The number of nitrogens with zero attached hydrogens (tertiary/aromatic N) is 5.